The molecule has 1 heterocycles. The van der Waals surface area contributed by atoms with Crippen LogP contribution in [0, 0.1) is 6.92 Å². The standard InChI is InChI=1S/C10H12N2OS/c1-7-12-9-3-2-8(11-4-5-13)6-10(9)14-7/h2-3,6,11,13H,4-5H2,1H3. The van der Waals surface area contributed by atoms with E-state index in [1.54, 1.807) is 11.3 Å². The highest BCUT2D eigenvalue weighted by atomic mass is 32.1. The summed E-state index contributed by atoms with van der Waals surface area (Å²) < 4.78 is 1.19. The van der Waals surface area contributed by atoms with E-state index in [-0.39, 0.29) is 6.61 Å². The summed E-state index contributed by atoms with van der Waals surface area (Å²) in [6.07, 6.45) is 0. The van der Waals surface area contributed by atoms with Crippen molar-refractivity contribution < 1.29 is 5.11 Å². The minimum absolute atomic E-state index is 0.153. The summed E-state index contributed by atoms with van der Waals surface area (Å²) in [5, 5.41) is 12.9. The molecule has 2 aromatic rings. The highest BCUT2D eigenvalue weighted by Gasteiger charge is 2.00. The summed E-state index contributed by atoms with van der Waals surface area (Å²) in [6.45, 7) is 2.74. The third kappa shape index (κ3) is 1.86. The van der Waals surface area contributed by atoms with Crippen LogP contribution in [0.4, 0.5) is 5.69 Å². The number of anilines is 1. The third-order valence-corrected chi connectivity index (χ3v) is 2.87. The molecule has 0 aliphatic carbocycles. The van der Waals surface area contributed by atoms with Gasteiger partial charge in [0.25, 0.3) is 0 Å². The van der Waals surface area contributed by atoms with Gasteiger partial charge in [-0.25, -0.2) is 4.98 Å². The number of aromatic nitrogens is 1. The topological polar surface area (TPSA) is 45.2 Å². The van der Waals surface area contributed by atoms with Crippen molar-refractivity contribution in [3.63, 3.8) is 0 Å². The lowest BCUT2D eigenvalue weighted by atomic mass is 10.3. The molecule has 0 unspecified atom stereocenters. The SMILES string of the molecule is Cc1nc2ccc(NCCO)cc2s1. The Bertz CT molecular complexity index is 439. The van der Waals surface area contributed by atoms with E-state index in [0.29, 0.717) is 6.54 Å². The van der Waals surface area contributed by atoms with Crippen molar-refractivity contribution in [3.8, 4) is 0 Å². The second-order valence-electron chi connectivity index (χ2n) is 3.07. The van der Waals surface area contributed by atoms with Gasteiger partial charge in [-0.15, -0.1) is 11.3 Å². The van der Waals surface area contributed by atoms with Crippen LogP contribution in [0.25, 0.3) is 10.2 Å². The Balaban J connectivity index is 2.31. The average molecular weight is 208 g/mol. The maximum absolute atomic E-state index is 8.67. The van der Waals surface area contributed by atoms with E-state index in [0.717, 1.165) is 16.2 Å². The van der Waals surface area contributed by atoms with Gasteiger partial charge in [0.15, 0.2) is 0 Å². The van der Waals surface area contributed by atoms with Crippen molar-refractivity contribution in [2.75, 3.05) is 18.5 Å². The maximum Gasteiger partial charge on any atom is 0.0907 e. The molecule has 2 rings (SSSR count). The molecule has 1 aromatic carbocycles. The van der Waals surface area contributed by atoms with Gasteiger partial charge in [-0.3, -0.25) is 0 Å². The molecule has 0 bridgehead atoms. The van der Waals surface area contributed by atoms with Crippen LogP contribution in [-0.4, -0.2) is 23.2 Å². The lowest BCUT2D eigenvalue weighted by Gasteiger charge is -2.02. The van der Waals surface area contributed by atoms with Gasteiger partial charge in [-0.1, -0.05) is 0 Å². The summed E-state index contributed by atoms with van der Waals surface area (Å²) >= 11 is 1.69. The van der Waals surface area contributed by atoms with Crippen molar-refractivity contribution in [2.45, 2.75) is 6.92 Å². The van der Waals surface area contributed by atoms with Crippen LogP contribution in [0.15, 0.2) is 18.2 Å². The Morgan fingerprint density at radius 1 is 1.50 bits per heavy atom. The Morgan fingerprint density at radius 3 is 3.14 bits per heavy atom. The van der Waals surface area contributed by atoms with E-state index >= 15 is 0 Å². The average Bonchev–Trinajstić information content (AvgIpc) is 2.54. The molecule has 14 heavy (non-hydrogen) atoms. The molecule has 0 radical (unpaired) electrons. The van der Waals surface area contributed by atoms with Gasteiger partial charge < -0.3 is 10.4 Å². The molecule has 4 heteroatoms. The van der Waals surface area contributed by atoms with Gasteiger partial charge in [-0.2, -0.15) is 0 Å². The Kier molecular flexibility index (Phi) is 2.65. The Morgan fingerprint density at radius 2 is 2.36 bits per heavy atom. The molecule has 0 aliphatic heterocycles. The zero-order valence-corrected chi connectivity index (χ0v) is 8.77. The van der Waals surface area contributed by atoms with Gasteiger partial charge in [0.05, 0.1) is 21.8 Å². The van der Waals surface area contributed by atoms with Gasteiger partial charge in [-0.05, 0) is 25.1 Å². The summed E-state index contributed by atoms with van der Waals surface area (Å²) in [4.78, 5) is 4.38. The molecule has 3 nitrogen and oxygen atoms in total. The van der Waals surface area contributed by atoms with Crippen LogP contribution in [0.1, 0.15) is 5.01 Å². The van der Waals surface area contributed by atoms with E-state index in [4.69, 9.17) is 5.11 Å². The quantitative estimate of drug-likeness (QED) is 0.811. The highest BCUT2D eigenvalue weighted by molar-refractivity contribution is 7.18. The van der Waals surface area contributed by atoms with Crippen LogP contribution >= 0.6 is 11.3 Å². The van der Waals surface area contributed by atoms with Gasteiger partial charge >= 0.3 is 0 Å². The summed E-state index contributed by atoms with van der Waals surface area (Å²) in [7, 11) is 0. The van der Waals surface area contributed by atoms with E-state index in [9.17, 15) is 0 Å². The van der Waals surface area contributed by atoms with Crippen LogP contribution in [-0.2, 0) is 0 Å². The molecule has 0 atom stereocenters. The zero-order valence-electron chi connectivity index (χ0n) is 7.95. The zero-order chi connectivity index (χ0) is 9.97. The number of hydrogen-bond donors (Lipinski definition) is 2. The number of hydrogen-bond acceptors (Lipinski definition) is 4. The smallest absolute Gasteiger partial charge is 0.0907 e. The van der Waals surface area contributed by atoms with E-state index < -0.39 is 0 Å². The predicted octanol–water partition coefficient (Wildman–Crippen LogP) is 2.01. The van der Waals surface area contributed by atoms with Gasteiger partial charge in [0.2, 0.25) is 0 Å². The van der Waals surface area contributed by atoms with Crippen molar-refractivity contribution in [1.82, 2.24) is 4.98 Å². The molecule has 74 valence electrons. The van der Waals surface area contributed by atoms with Gasteiger partial charge in [0.1, 0.15) is 0 Å². The van der Waals surface area contributed by atoms with Crippen molar-refractivity contribution in [1.29, 1.82) is 0 Å². The second-order valence-corrected chi connectivity index (χ2v) is 4.30. The first-order valence-corrected chi connectivity index (χ1v) is 5.33. The van der Waals surface area contributed by atoms with Crippen LogP contribution in [0.5, 0.6) is 0 Å². The number of aliphatic hydroxyl groups is 1. The summed E-state index contributed by atoms with van der Waals surface area (Å²) in [6, 6.07) is 6.05. The van der Waals surface area contributed by atoms with Crippen molar-refractivity contribution in [2.24, 2.45) is 0 Å². The number of nitrogens with one attached hydrogen (secondary N) is 1. The minimum Gasteiger partial charge on any atom is -0.395 e. The third-order valence-electron chi connectivity index (χ3n) is 1.94. The molecule has 0 spiro atoms. The van der Waals surface area contributed by atoms with Crippen LogP contribution < -0.4 is 5.32 Å². The molecular formula is C10H12N2OS. The number of thiazole rings is 1. The Hall–Kier alpha value is -1.13. The first-order chi connectivity index (χ1) is 6.79. The second kappa shape index (κ2) is 3.94. The number of benzene rings is 1. The summed E-state index contributed by atoms with van der Waals surface area (Å²) in [5.74, 6) is 0. The van der Waals surface area contributed by atoms with Crippen molar-refractivity contribution >= 4 is 27.2 Å². The Labute approximate surface area is 86.4 Å². The molecule has 0 saturated heterocycles. The monoisotopic (exact) mass is 208 g/mol. The fourth-order valence-corrected chi connectivity index (χ4v) is 2.22. The number of aliphatic hydroxyl groups excluding tert-OH is 1. The first-order valence-electron chi connectivity index (χ1n) is 4.51. The number of rotatable bonds is 3. The molecule has 1 aromatic heterocycles. The van der Waals surface area contributed by atoms with Gasteiger partial charge in [0, 0.05) is 12.2 Å². The minimum atomic E-state index is 0.153. The summed E-state index contributed by atoms with van der Waals surface area (Å²) in [5.41, 5.74) is 2.08. The molecule has 0 saturated carbocycles. The number of nitrogens with zero attached hydrogens (tertiary/aromatic N) is 1. The fourth-order valence-electron chi connectivity index (χ4n) is 1.35. The normalized spacial score (nSPS) is 10.7. The molecule has 0 amide bonds. The maximum atomic E-state index is 8.67. The lowest BCUT2D eigenvalue weighted by Crippen LogP contribution is -2.04. The van der Waals surface area contributed by atoms with E-state index in [2.05, 4.69) is 16.4 Å². The number of aryl methyl sites for hydroxylation is 1. The fraction of sp³-hybridized carbons (Fsp3) is 0.300. The lowest BCUT2D eigenvalue weighted by molar-refractivity contribution is 0.311. The van der Waals surface area contributed by atoms with Crippen LogP contribution in [0.3, 0.4) is 0 Å². The van der Waals surface area contributed by atoms with Crippen molar-refractivity contribution in [3.05, 3.63) is 23.2 Å². The van der Waals surface area contributed by atoms with E-state index in [1.165, 1.54) is 4.70 Å². The molecule has 0 aliphatic rings. The molecule has 0 fully saturated rings. The largest absolute Gasteiger partial charge is 0.395 e. The highest BCUT2D eigenvalue weighted by Crippen LogP contribution is 2.24. The number of fused-ring (bicyclic) bond motifs is 1. The molecular weight excluding hydrogens is 196 g/mol. The molecule has 2 N–H and O–H groups in total. The predicted molar refractivity (Wildman–Crippen MR) is 59.9 cm³/mol. The van der Waals surface area contributed by atoms with E-state index in [1.807, 2.05) is 19.1 Å². The first kappa shape index (κ1) is 9.43. The van der Waals surface area contributed by atoms with Crippen LogP contribution in [0.2, 0.25) is 0 Å².